The van der Waals surface area contributed by atoms with Gasteiger partial charge < -0.3 is 0 Å². The van der Waals surface area contributed by atoms with Gasteiger partial charge in [-0.25, -0.2) is 0 Å². The van der Waals surface area contributed by atoms with Crippen LogP contribution in [0.15, 0.2) is 36.4 Å². The molecule has 21 heavy (non-hydrogen) atoms. The van der Waals surface area contributed by atoms with Gasteiger partial charge >= 0.3 is 0 Å². The van der Waals surface area contributed by atoms with E-state index in [1.54, 1.807) is 0 Å². The van der Waals surface area contributed by atoms with E-state index < -0.39 is 0 Å². The predicted molar refractivity (Wildman–Crippen MR) is 92.2 cm³/mol. The van der Waals surface area contributed by atoms with Crippen LogP contribution in [-0.2, 0) is 5.41 Å². The Morgan fingerprint density at radius 3 is 2.14 bits per heavy atom. The topological polar surface area (TPSA) is 0 Å². The molecule has 2 aromatic carbocycles. The second-order valence-electron chi connectivity index (χ2n) is 7.51. The molecular formula is C21H26. The van der Waals surface area contributed by atoms with Gasteiger partial charge in [0.05, 0.1) is 0 Å². The van der Waals surface area contributed by atoms with E-state index >= 15 is 0 Å². The van der Waals surface area contributed by atoms with Crippen molar-refractivity contribution in [2.24, 2.45) is 0 Å². The van der Waals surface area contributed by atoms with Crippen LogP contribution in [0, 0.1) is 0 Å². The van der Waals surface area contributed by atoms with Crippen molar-refractivity contribution in [2.75, 3.05) is 0 Å². The highest BCUT2D eigenvalue weighted by Gasteiger charge is 2.36. The Hall–Kier alpha value is -1.56. The molecule has 0 unspecified atom stereocenters. The summed E-state index contributed by atoms with van der Waals surface area (Å²) in [6.45, 7) is 13.9. The molecule has 0 fully saturated rings. The van der Waals surface area contributed by atoms with Crippen LogP contribution in [-0.4, -0.2) is 0 Å². The minimum absolute atomic E-state index is 0.116. The summed E-state index contributed by atoms with van der Waals surface area (Å²) >= 11 is 0. The minimum Gasteiger partial charge on any atom is -0.0616 e. The van der Waals surface area contributed by atoms with Crippen LogP contribution in [0.1, 0.15) is 75.6 Å². The zero-order valence-corrected chi connectivity index (χ0v) is 14.1. The van der Waals surface area contributed by atoms with Crippen molar-refractivity contribution in [2.45, 2.75) is 58.8 Å². The number of rotatable bonds is 2. The van der Waals surface area contributed by atoms with Crippen molar-refractivity contribution in [3.63, 3.8) is 0 Å². The molecule has 0 bridgehead atoms. The average Bonchev–Trinajstić information content (AvgIpc) is 2.67. The molecule has 0 heteroatoms. The normalized spacial score (nSPS) is 15.4. The Kier molecular flexibility index (Phi) is 3.24. The molecule has 1 aliphatic carbocycles. The maximum absolute atomic E-state index is 2.43. The summed E-state index contributed by atoms with van der Waals surface area (Å²) < 4.78 is 0. The maximum Gasteiger partial charge on any atom is 0.0158 e. The molecule has 0 nitrogen and oxygen atoms in total. The molecule has 0 aliphatic heterocycles. The van der Waals surface area contributed by atoms with Crippen LogP contribution < -0.4 is 0 Å². The lowest BCUT2D eigenvalue weighted by Gasteiger charge is -2.22. The monoisotopic (exact) mass is 278 g/mol. The lowest BCUT2D eigenvalue weighted by Crippen LogP contribution is -2.15. The molecule has 0 atom stereocenters. The number of hydrogen-bond donors (Lipinski definition) is 0. The summed E-state index contributed by atoms with van der Waals surface area (Å²) in [7, 11) is 0. The molecule has 2 aromatic rings. The fraction of sp³-hybridized carbons (Fsp3) is 0.429. The van der Waals surface area contributed by atoms with Crippen molar-refractivity contribution in [3.05, 3.63) is 58.7 Å². The highest BCUT2D eigenvalue weighted by molar-refractivity contribution is 5.84. The Bertz CT molecular complexity index is 687. The summed E-state index contributed by atoms with van der Waals surface area (Å²) in [5.41, 5.74) is 8.97. The van der Waals surface area contributed by atoms with Gasteiger partial charge in [0.25, 0.3) is 0 Å². The minimum atomic E-state index is 0.116. The van der Waals surface area contributed by atoms with Crippen molar-refractivity contribution in [3.8, 4) is 11.1 Å². The first kappa shape index (κ1) is 14.4. The van der Waals surface area contributed by atoms with Gasteiger partial charge in [-0.3, -0.25) is 0 Å². The first-order valence-electron chi connectivity index (χ1n) is 8.12. The summed E-state index contributed by atoms with van der Waals surface area (Å²) in [6, 6.07) is 13.9. The summed E-state index contributed by atoms with van der Waals surface area (Å²) in [5, 5.41) is 0. The predicted octanol–water partition coefficient (Wildman–Crippen LogP) is 6.24. The molecule has 0 radical (unpaired) electrons. The Balaban J connectivity index is 2.35. The highest BCUT2D eigenvalue weighted by Crippen LogP contribution is 2.51. The van der Waals surface area contributed by atoms with Crippen LogP contribution in [0.3, 0.4) is 0 Å². The van der Waals surface area contributed by atoms with E-state index in [0.717, 1.165) is 0 Å². The fourth-order valence-corrected chi connectivity index (χ4v) is 3.69. The van der Waals surface area contributed by atoms with Gasteiger partial charge in [0, 0.05) is 5.41 Å². The van der Waals surface area contributed by atoms with E-state index in [9.17, 15) is 0 Å². The van der Waals surface area contributed by atoms with Gasteiger partial charge in [0.2, 0.25) is 0 Å². The largest absolute Gasteiger partial charge is 0.0616 e. The number of benzene rings is 2. The molecule has 0 amide bonds. The third-order valence-electron chi connectivity index (χ3n) is 5.05. The lowest BCUT2D eigenvalue weighted by atomic mass is 9.81. The second-order valence-corrected chi connectivity index (χ2v) is 7.51. The van der Waals surface area contributed by atoms with E-state index in [4.69, 9.17) is 0 Å². The Labute approximate surface area is 129 Å². The first-order chi connectivity index (χ1) is 9.84. The number of hydrogen-bond acceptors (Lipinski definition) is 0. The van der Waals surface area contributed by atoms with Crippen LogP contribution in [0.2, 0.25) is 0 Å². The van der Waals surface area contributed by atoms with Gasteiger partial charge in [0.15, 0.2) is 0 Å². The van der Waals surface area contributed by atoms with Crippen LogP contribution in [0.5, 0.6) is 0 Å². The molecule has 0 saturated carbocycles. The zero-order chi connectivity index (χ0) is 15.4. The Morgan fingerprint density at radius 1 is 0.810 bits per heavy atom. The Morgan fingerprint density at radius 2 is 1.52 bits per heavy atom. The maximum atomic E-state index is 2.43. The van der Waals surface area contributed by atoms with Crippen molar-refractivity contribution in [1.82, 2.24) is 0 Å². The van der Waals surface area contributed by atoms with Crippen molar-refractivity contribution in [1.29, 1.82) is 0 Å². The molecule has 0 spiro atoms. The summed E-state index contributed by atoms with van der Waals surface area (Å²) in [6.07, 6.45) is 0. The second kappa shape index (κ2) is 4.73. The van der Waals surface area contributed by atoms with Gasteiger partial charge in [-0.15, -0.1) is 0 Å². The van der Waals surface area contributed by atoms with Crippen LogP contribution in [0.25, 0.3) is 11.1 Å². The van der Waals surface area contributed by atoms with E-state index in [1.165, 1.54) is 33.4 Å². The molecule has 3 rings (SSSR count). The van der Waals surface area contributed by atoms with Crippen molar-refractivity contribution < 1.29 is 0 Å². The molecule has 1 aliphatic rings. The van der Waals surface area contributed by atoms with Crippen LogP contribution in [0.4, 0.5) is 0 Å². The van der Waals surface area contributed by atoms with Gasteiger partial charge in [-0.05, 0) is 45.2 Å². The first-order valence-corrected chi connectivity index (χ1v) is 8.12. The summed E-state index contributed by atoms with van der Waals surface area (Å²) in [5.74, 6) is 1.14. The fourth-order valence-electron chi connectivity index (χ4n) is 3.69. The molecule has 110 valence electrons. The molecule has 0 heterocycles. The standard InChI is InChI=1S/C21H26/c1-13(2)15-10-11-18-17(12-15)20-16(14(3)4)8-7-9-19(20)21(18,5)6/h7-14H,1-6H3. The molecule has 0 aromatic heterocycles. The summed E-state index contributed by atoms with van der Waals surface area (Å²) in [4.78, 5) is 0. The molecular weight excluding hydrogens is 252 g/mol. The average molecular weight is 278 g/mol. The van der Waals surface area contributed by atoms with E-state index in [0.29, 0.717) is 11.8 Å². The van der Waals surface area contributed by atoms with E-state index in [2.05, 4.69) is 77.9 Å². The van der Waals surface area contributed by atoms with E-state index in [-0.39, 0.29) is 5.41 Å². The molecule has 0 saturated heterocycles. The van der Waals surface area contributed by atoms with Gasteiger partial charge in [-0.2, -0.15) is 0 Å². The third-order valence-corrected chi connectivity index (χ3v) is 5.05. The smallest absolute Gasteiger partial charge is 0.0158 e. The van der Waals surface area contributed by atoms with Crippen molar-refractivity contribution >= 4 is 0 Å². The quantitative estimate of drug-likeness (QED) is 0.610. The van der Waals surface area contributed by atoms with Gasteiger partial charge in [-0.1, -0.05) is 77.9 Å². The van der Waals surface area contributed by atoms with Crippen LogP contribution >= 0.6 is 0 Å². The molecule has 0 N–H and O–H groups in total. The SMILES string of the molecule is CC(C)c1ccc2c(c1)-c1c(C(C)C)cccc1C2(C)C. The highest BCUT2D eigenvalue weighted by atomic mass is 14.4. The zero-order valence-electron chi connectivity index (χ0n) is 14.1. The van der Waals surface area contributed by atoms with E-state index in [1.807, 2.05) is 0 Å². The third kappa shape index (κ3) is 2.04. The van der Waals surface area contributed by atoms with Gasteiger partial charge in [0.1, 0.15) is 0 Å². The number of fused-ring (bicyclic) bond motifs is 3. The lowest BCUT2D eigenvalue weighted by molar-refractivity contribution is 0.658.